The van der Waals surface area contributed by atoms with Crippen LogP contribution >= 0.6 is 27.3 Å². The van der Waals surface area contributed by atoms with Gasteiger partial charge in [-0.15, -0.1) is 11.3 Å². The maximum absolute atomic E-state index is 5.47. The third kappa shape index (κ3) is 2.76. The highest BCUT2D eigenvalue weighted by molar-refractivity contribution is 9.10. The highest BCUT2D eigenvalue weighted by Crippen LogP contribution is 2.33. The fourth-order valence-corrected chi connectivity index (χ4v) is 3.11. The average molecular weight is 326 g/mol. The van der Waals surface area contributed by atoms with Crippen molar-refractivity contribution in [1.82, 2.24) is 5.32 Å². The first kappa shape index (κ1) is 13.6. The number of halogens is 1. The van der Waals surface area contributed by atoms with Crippen molar-refractivity contribution in [3.8, 4) is 5.75 Å². The Balaban J connectivity index is 2.44. The lowest BCUT2D eigenvalue weighted by atomic mass is 10.0. The molecule has 1 atom stereocenters. The van der Waals surface area contributed by atoms with Crippen molar-refractivity contribution in [3.63, 3.8) is 0 Å². The van der Waals surface area contributed by atoms with Gasteiger partial charge in [-0.25, -0.2) is 0 Å². The van der Waals surface area contributed by atoms with E-state index >= 15 is 0 Å². The zero-order chi connectivity index (χ0) is 13.1. The Labute approximate surface area is 120 Å². The van der Waals surface area contributed by atoms with Crippen LogP contribution in [0.25, 0.3) is 0 Å². The first-order chi connectivity index (χ1) is 8.65. The molecule has 1 aromatic carbocycles. The summed E-state index contributed by atoms with van der Waals surface area (Å²) >= 11 is 5.24. The first-order valence-electron chi connectivity index (χ1n) is 5.71. The van der Waals surface area contributed by atoms with E-state index in [1.165, 1.54) is 10.4 Å². The molecule has 0 saturated heterocycles. The molecule has 2 nitrogen and oxygen atoms in total. The van der Waals surface area contributed by atoms with E-state index in [4.69, 9.17) is 4.74 Å². The Hall–Kier alpha value is -0.840. The standard InChI is InChI=1S/C14H16BrNOS/c1-9-6-10(8-18-9)14(16-2)12-5-4-11(15)7-13(12)17-3/h4-8,14,16H,1-3H3. The van der Waals surface area contributed by atoms with E-state index in [1.807, 2.05) is 19.2 Å². The molecule has 2 rings (SSSR count). The van der Waals surface area contributed by atoms with Gasteiger partial charge in [-0.2, -0.15) is 0 Å². The van der Waals surface area contributed by atoms with E-state index in [1.54, 1.807) is 18.4 Å². The third-order valence-corrected chi connectivity index (χ3v) is 4.25. The average Bonchev–Trinajstić information content (AvgIpc) is 2.78. The molecular weight excluding hydrogens is 310 g/mol. The van der Waals surface area contributed by atoms with Gasteiger partial charge in [0.2, 0.25) is 0 Å². The zero-order valence-electron chi connectivity index (χ0n) is 10.7. The van der Waals surface area contributed by atoms with Crippen molar-refractivity contribution >= 4 is 27.3 Å². The number of hydrogen-bond donors (Lipinski definition) is 1. The molecule has 0 aliphatic heterocycles. The van der Waals surface area contributed by atoms with Crippen LogP contribution in [0.15, 0.2) is 34.1 Å². The molecule has 1 unspecified atom stereocenters. The minimum Gasteiger partial charge on any atom is -0.496 e. The van der Waals surface area contributed by atoms with Gasteiger partial charge in [-0.1, -0.05) is 22.0 Å². The van der Waals surface area contributed by atoms with Crippen molar-refractivity contribution in [2.75, 3.05) is 14.2 Å². The first-order valence-corrected chi connectivity index (χ1v) is 7.38. The highest BCUT2D eigenvalue weighted by atomic mass is 79.9. The number of rotatable bonds is 4. The SMILES string of the molecule is CNC(c1csc(C)c1)c1ccc(Br)cc1OC. The Bertz CT molecular complexity index is 538. The van der Waals surface area contributed by atoms with E-state index < -0.39 is 0 Å². The lowest BCUT2D eigenvalue weighted by Crippen LogP contribution is -2.17. The molecule has 96 valence electrons. The molecule has 0 aliphatic rings. The van der Waals surface area contributed by atoms with E-state index in [0.29, 0.717) is 0 Å². The fraction of sp³-hybridized carbons (Fsp3) is 0.286. The zero-order valence-corrected chi connectivity index (χ0v) is 13.1. The van der Waals surface area contributed by atoms with Gasteiger partial charge in [-0.05, 0) is 43.1 Å². The molecule has 0 fully saturated rings. The van der Waals surface area contributed by atoms with Gasteiger partial charge in [0.25, 0.3) is 0 Å². The van der Waals surface area contributed by atoms with Crippen LogP contribution < -0.4 is 10.1 Å². The van der Waals surface area contributed by atoms with Crippen LogP contribution in [0, 0.1) is 6.92 Å². The molecule has 0 spiro atoms. The van der Waals surface area contributed by atoms with E-state index in [-0.39, 0.29) is 6.04 Å². The van der Waals surface area contributed by atoms with Crippen LogP contribution in [0.1, 0.15) is 22.0 Å². The lowest BCUT2D eigenvalue weighted by Gasteiger charge is -2.18. The number of methoxy groups -OCH3 is 1. The van der Waals surface area contributed by atoms with Gasteiger partial charge >= 0.3 is 0 Å². The molecule has 0 amide bonds. The maximum Gasteiger partial charge on any atom is 0.125 e. The van der Waals surface area contributed by atoms with Gasteiger partial charge < -0.3 is 10.1 Å². The monoisotopic (exact) mass is 325 g/mol. The van der Waals surface area contributed by atoms with Crippen LogP contribution in [0.5, 0.6) is 5.75 Å². The predicted octanol–water partition coefficient (Wildman–Crippen LogP) is 4.14. The highest BCUT2D eigenvalue weighted by Gasteiger charge is 2.17. The topological polar surface area (TPSA) is 21.3 Å². The number of benzene rings is 1. The number of thiophene rings is 1. The summed E-state index contributed by atoms with van der Waals surface area (Å²) in [4.78, 5) is 1.32. The molecule has 1 heterocycles. The molecule has 2 aromatic rings. The number of ether oxygens (including phenoxy) is 1. The molecule has 1 N–H and O–H groups in total. The Kier molecular flexibility index (Phi) is 4.43. The fourth-order valence-electron chi connectivity index (χ4n) is 2.04. The molecule has 0 bridgehead atoms. The molecular formula is C14H16BrNOS. The van der Waals surface area contributed by atoms with Crippen LogP contribution in [0.4, 0.5) is 0 Å². The summed E-state index contributed by atoms with van der Waals surface area (Å²) in [6.07, 6.45) is 0. The molecule has 4 heteroatoms. The molecule has 0 radical (unpaired) electrons. The second-order valence-corrected chi connectivity index (χ2v) is 6.13. The van der Waals surface area contributed by atoms with Crippen LogP contribution in [-0.2, 0) is 0 Å². The van der Waals surface area contributed by atoms with Crippen molar-refractivity contribution in [2.45, 2.75) is 13.0 Å². The number of hydrogen-bond acceptors (Lipinski definition) is 3. The summed E-state index contributed by atoms with van der Waals surface area (Å²) in [7, 11) is 3.68. The minimum absolute atomic E-state index is 0.165. The second-order valence-electron chi connectivity index (χ2n) is 4.10. The third-order valence-electron chi connectivity index (χ3n) is 2.88. The summed E-state index contributed by atoms with van der Waals surface area (Å²) < 4.78 is 6.50. The lowest BCUT2D eigenvalue weighted by molar-refractivity contribution is 0.405. The summed E-state index contributed by atoms with van der Waals surface area (Å²) in [5, 5.41) is 5.55. The van der Waals surface area contributed by atoms with E-state index in [9.17, 15) is 0 Å². The smallest absolute Gasteiger partial charge is 0.125 e. The van der Waals surface area contributed by atoms with E-state index in [2.05, 4.69) is 45.7 Å². The van der Waals surface area contributed by atoms with Crippen LogP contribution in [0.2, 0.25) is 0 Å². The summed E-state index contributed by atoms with van der Waals surface area (Å²) in [5.74, 6) is 0.896. The molecule has 0 aliphatic carbocycles. The van der Waals surface area contributed by atoms with Crippen LogP contribution in [-0.4, -0.2) is 14.2 Å². The number of aryl methyl sites for hydroxylation is 1. The Morgan fingerprint density at radius 3 is 2.67 bits per heavy atom. The number of nitrogens with one attached hydrogen (secondary N) is 1. The Morgan fingerprint density at radius 2 is 2.11 bits per heavy atom. The van der Waals surface area contributed by atoms with Gasteiger partial charge in [0.05, 0.1) is 13.2 Å². The van der Waals surface area contributed by atoms with Crippen molar-refractivity contribution in [2.24, 2.45) is 0 Å². The quantitative estimate of drug-likeness (QED) is 0.912. The Morgan fingerprint density at radius 1 is 1.33 bits per heavy atom. The predicted molar refractivity (Wildman–Crippen MR) is 80.7 cm³/mol. The summed E-state index contributed by atoms with van der Waals surface area (Å²) in [6, 6.07) is 8.52. The van der Waals surface area contributed by atoms with Gasteiger partial charge in [0.15, 0.2) is 0 Å². The maximum atomic E-state index is 5.47. The van der Waals surface area contributed by atoms with Gasteiger partial charge in [-0.3, -0.25) is 0 Å². The largest absolute Gasteiger partial charge is 0.496 e. The van der Waals surface area contributed by atoms with E-state index in [0.717, 1.165) is 15.8 Å². The van der Waals surface area contributed by atoms with Crippen molar-refractivity contribution in [3.05, 3.63) is 50.1 Å². The molecule has 18 heavy (non-hydrogen) atoms. The normalized spacial score (nSPS) is 12.4. The molecule has 1 aromatic heterocycles. The summed E-state index contributed by atoms with van der Waals surface area (Å²) in [6.45, 7) is 2.12. The summed E-state index contributed by atoms with van der Waals surface area (Å²) in [5.41, 5.74) is 2.43. The van der Waals surface area contributed by atoms with Crippen molar-refractivity contribution < 1.29 is 4.74 Å². The van der Waals surface area contributed by atoms with Crippen LogP contribution in [0.3, 0.4) is 0 Å². The van der Waals surface area contributed by atoms with Gasteiger partial charge in [0.1, 0.15) is 5.75 Å². The van der Waals surface area contributed by atoms with Gasteiger partial charge in [0, 0.05) is 14.9 Å². The second kappa shape index (κ2) is 5.87. The minimum atomic E-state index is 0.165. The molecule has 0 saturated carbocycles. The van der Waals surface area contributed by atoms with Crippen molar-refractivity contribution in [1.29, 1.82) is 0 Å².